The highest BCUT2D eigenvalue weighted by molar-refractivity contribution is 5.49. The van der Waals surface area contributed by atoms with Crippen LogP contribution in [0.2, 0.25) is 0 Å². The lowest BCUT2D eigenvalue weighted by Gasteiger charge is -1.88. The first kappa shape index (κ1) is 7.54. The molecule has 1 aromatic carbocycles. The molecule has 0 unspecified atom stereocenters. The number of hydrogen-bond acceptors (Lipinski definition) is 2. The zero-order valence-corrected chi connectivity index (χ0v) is 5.94. The molecule has 0 aliphatic heterocycles. The largest absolute Gasteiger partial charge is 0.437 e. The van der Waals surface area contributed by atoms with E-state index in [0.29, 0.717) is 6.47 Å². The van der Waals surface area contributed by atoms with E-state index >= 15 is 0 Å². The highest BCUT2D eigenvalue weighted by Crippen LogP contribution is 1.99. The number of carbonyl (C=O) groups is 1. The minimum atomic E-state index is 0.388. The summed E-state index contributed by atoms with van der Waals surface area (Å²) in [4.78, 5) is 9.72. The van der Waals surface area contributed by atoms with Gasteiger partial charge in [0, 0.05) is 0 Å². The third-order valence-electron chi connectivity index (χ3n) is 1.19. The summed E-state index contributed by atoms with van der Waals surface area (Å²) in [5.74, 6) is 0. The Hall–Kier alpha value is -1.57. The molecular weight excluding hydrogens is 140 g/mol. The molecule has 0 fully saturated rings. The Bertz CT molecular complexity index is 239. The van der Waals surface area contributed by atoms with Crippen LogP contribution in [-0.2, 0) is 9.53 Å². The van der Waals surface area contributed by atoms with Gasteiger partial charge in [0.05, 0.1) is 6.26 Å². The van der Waals surface area contributed by atoms with E-state index in [1.54, 1.807) is 6.08 Å². The van der Waals surface area contributed by atoms with Crippen LogP contribution in [-0.4, -0.2) is 6.47 Å². The van der Waals surface area contributed by atoms with Gasteiger partial charge in [0.15, 0.2) is 0 Å². The van der Waals surface area contributed by atoms with Crippen LogP contribution in [0.15, 0.2) is 36.6 Å². The Morgan fingerprint density at radius 1 is 1.18 bits per heavy atom. The topological polar surface area (TPSA) is 26.3 Å². The molecule has 0 atom stereocenters. The maximum Gasteiger partial charge on any atom is 0.297 e. The van der Waals surface area contributed by atoms with Crippen LogP contribution in [0.4, 0.5) is 0 Å². The van der Waals surface area contributed by atoms with Crippen molar-refractivity contribution in [2.75, 3.05) is 0 Å². The van der Waals surface area contributed by atoms with Gasteiger partial charge in [-0.25, -0.2) is 0 Å². The highest BCUT2D eigenvalue weighted by atomic mass is 16.5. The number of rotatable bonds is 3. The second-order valence-corrected chi connectivity index (χ2v) is 1.95. The molecule has 1 rings (SSSR count). The van der Waals surface area contributed by atoms with Crippen LogP contribution >= 0.6 is 0 Å². The van der Waals surface area contributed by atoms with Crippen LogP contribution in [0.5, 0.6) is 0 Å². The number of benzene rings is 1. The Morgan fingerprint density at radius 2 is 1.91 bits per heavy atom. The minimum absolute atomic E-state index is 0.388. The summed E-state index contributed by atoms with van der Waals surface area (Å²) < 4.78 is 4.38. The summed E-state index contributed by atoms with van der Waals surface area (Å²) in [6.07, 6.45) is 3.07. The first-order valence-electron chi connectivity index (χ1n) is 3.24. The van der Waals surface area contributed by atoms with Crippen LogP contribution < -0.4 is 0 Å². The standard InChI is InChI=1S/C9H8O2/c10-8-11-7-6-9-4-2-1-3-5-9/h1-8H/b7-6+. The number of carbonyl (C=O) groups excluding carboxylic acids is 1. The van der Waals surface area contributed by atoms with Gasteiger partial charge in [0.1, 0.15) is 0 Å². The molecule has 2 heteroatoms. The quantitative estimate of drug-likeness (QED) is 0.483. The van der Waals surface area contributed by atoms with Crippen molar-refractivity contribution in [2.45, 2.75) is 0 Å². The fraction of sp³-hybridized carbons (Fsp3) is 0. The third kappa shape index (κ3) is 2.67. The van der Waals surface area contributed by atoms with Crippen molar-refractivity contribution in [3.05, 3.63) is 42.2 Å². The molecule has 0 saturated carbocycles. The summed E-state index contributed by atoms with van der Waals surface area (Å²) in [5, 5.41) is 0. The summed E-state index contributed by atoms with van der Waals surface area (Å²) in [6, 6.07) is 9.61. The fourth-order valence-corrected chi connectivity index (χ4v) is 0.714. The lowest BCUT2D eigenvalue weighted by Crippen LogP contribution is -1.73. The fourth-order valence-electron chi connectivity index (χ4n) is 0.714. The predicted molar refractivity (Wildman–Crippen MR) is 42.6 cm³/mol. The molecule has 11 heavy (non-hydrogen) atoms. The predicted octanol–water partition coefficient (Wildman–Crippen LogP) is 1.83. The molecule has 0 aliphatic carbocycles. The zero-order valence-electron chi connectivity index (χ0n) is 5.94. The summed E-state index contributed by atoms with van der Waals surface area (Å²) >= 11 is 0. The van der Waals surface area contributed by atoms with Crippen molar-refractivity contribution in [3.8, 4) is 0 Å². The van der Waals surface area contributed by atoms with Gasteiger partial charge >= 0.3 is 0 Å². The van der Waals surface area contributed by atoms with Crippen molar-refractivity contribution in [3.63, 3.8) is 0 Å². The van der Waals surface area contributed by atoms with Crippen molar-refractivity contribution in [2.24, 2.45) is 0 Å². The molecule has 1 aromatic rings. The van der Waals surface area contributed by atoms with Gasteiger partial charge in [-0.15, -0.1) is 0 Å². The number of ether oxygens (including phenoxy) is 1. The Labute approximate surface area is 65.1 Å². The monoisotopic (exact) mass is 148 g/mol. The average Bonchev–Trinajstić information content (AvgIpc) is 2.07. The maximum absolute atomic E-state index is 9.72. The number of hydrogen-bond donors (Lipinski definition) is 0. The lowest BCUT2D eigenvalue weighted by molar-refractivity contribution is -0.123. The maximum atomic E-state index is 9.72. The second kappa shape index (κ2) is 4.28. The van der Waals surface area contributed by atoms with Gasteiger partial charge in [-0.3, -0.25) is 4.79 Å². The van der Waals surface area contributed by atoms with Gasteiger partial charge in [0.2, 0.25) is 0 Å². The van der Waals surface area contributed by atoms with Crippen molar-refractivity contribution >= 4 is 12.5 Å². The van der Waals surface area contributed by atoms with E-state index in [1.165, 1.54) is 6.26 Å². The molecule has 0 amide bonds. The lowest BCUT2D eigenvalue weighted by atomic mass is 10.2. The Morgan fingerprint density at radius 3 is 2.55 bits per heavy atom. The van der Waals surface area contributed by atoms with E-state index < -0.39 is 0 Å². The Kier molecular flexibility index (Phi) is 2.93. The zero-order chi connectivity index (χ0) is 7.94. The molecule has 0 aliphatic rings. The molecule has 0 radical (unpaired) electrons. The van der Waals surface area contributed by atoms with Crippen LogP contribution in [0.3, 0.4) is 0 Å². The smallest absolute Gasteiger partial charge is 0.297 e. The summed E-state index contributed by atoms with van der Waals surface area (Å²) in [6.45, 7) is 0.388. The van der Waals surface area contributed by atoms with Gasteiger partial charge in [-0.05, 0) is 11.6 Å². The molecule has 0 saturated heterocycles. The SMILES string of the molecule is O=CO/C=C/c1ccccc1. The van der Waals surface area contributed by atoms with E-state index in [9.17, 15) is 4.79 Å². The molecule has 0 N–H and O–H groups in total. The second-order valence-electron chi connectivity index (χ2n) is 1.95. The van der Waals surface area contributed by atoms with Gasteiger partial charge in [-0.2, -0.15) is 0 Å². The molecule has 2 nitrogen and oxygen atoms in total. The molecule has 0 bridgehead atoms. The molecule has 0 spiro atoms. The Balaban J connectivity index is 2.57. The summed E-state index contributed by atoms with van der Waals surface area (Å²) in [5.41, 5.74) is 1.01. The van der Waals surface area contributed by atoms with Gasteiger partial charge in [0.25, 0.3) is 6.47 Å². The van der Waals surface area contributed by atoms with E-state index in [4.69, 9.17) is 0 Å². The third-order valence-corrected chi connectivity index (χ3v) is 1.19. The van der Waals surface area contributed by atoms with Crippen molar-refractivity contribution < 1.29 is 9.53 Å². The average molecular weight is 148 g/mol. The summed E-state index contributed by atoms with van der Waals surface area (Å²) in [7, 11) is 0. The van der Waals surface area contributed by atoms with E-state index in [1.807, 2.05) is 30.3 Å². The molecule has 56 valence electrons. The first-order valence-corrected chi connectivity index (χ1v) is 3.24. The first-order chi connectivity index (χ1) is 5.43. The van der Waals surface area contributed by atoms with Crippen molar-refractivity contribution in [1.29, 1.82) is 0 Å². The van der Waals surface area contributed by atoms with E-state index in [2.05, 4.69) is 4.74 Å². The molecule has 0 heterocycles. The van der Waals surface area contributed by atoms with E-state index in [-0.39, 0.29) is 0 Å². The molecular formula is C9H8O2. The minimum Gasteiger partial charge on any atom is -0.437 e. The van der Waals surface area contributed by atoms with E-state index in [0.717, 1.165) is 5.56 Å². The van der Waals surface area contributed by atoms with Crippen molar-refractivity contribution in [1.82, 2.24) is 0 Å². The highest BCUT2D eigenvalue weighted by Gasteiger charge is 1.80. The molecule has 0 aromatic heterocycles. The normalized spacial score (nSPS) is 9.82. The van der Waals surface area contributed by atoms with Crippen LogP contribution in [0, 0.1) is 0 Å². The van der Waals surface area contributed by atoms with Crippen LogP contribution in [0.1, 0.15) is 5.56 Å². The van der Waals surface area contributed by atoms with Crippen LogP contribution in [0.25, 0.3) is 6.08 Å². The van der Waals surface area contributed by atoms with Gasteiger partial charge in [-0.1, -0.05) is 30.3 Å². The van der Waals surface area contributed by atoms with Gasteiger partial charge < -0.3 is 4.74 Å².